The van der Waals surface area contributed by atoms with E-state index in [1.807, 2.05) is 13.8 Å². The van der Waals surface area contributed by atoms with Gasteiger partial charge in [0.15, 0.2) is 0 Å². The molecule has 0 atom stereocenters. The highest BCUT2D eigenvalue weighted by molar-refractivity contribution is 7.80. The predicted octanol–water partition coefficient (Wildman–Crippen LogP) is 1.09. The minimum Gasteiger partial charge on any atom is -0.393 e. The number of halogens is 2. The molecular weight excluding hydrogens is 250 g/mol. The molecule has 0 bridgehead atoms. The summed E-state index contributed by atoms with van der Waals surface area (Å²) in [5, 5.41) is 2.62. The molecule has 0 aromatic heterocycles. The highest BCUT2D eigenvalue weighted by Gasteiger charge is 2.21. The van der Waals surface area contributed by atoms with Crippen molar-refractivity contribution in [1.29, 1.82) is 0 Å². The lowest BCUT2D eigenvalue weighted by atomic mass is 9.93. The van der Waals surface area contributed by atoms with Crippen molar-refractivity contribution in [2.75, 3.05) is 19.8 Å². The molecule has 0 saturated heterocycles. The van der Waals surface area contributed by atoms with Gasteiger partial charge in [0.25, 0.3) is 6.43 Å². The van der Waals surface area contributed by atoms with Gasteiger partial charge in [-0.2, -0.15) is 0 Å². The van der Waals surface area contributed by atoms with Crippen LogP contribution in [0.15, 0.2) is 0 Å². The van der Waals surface area contributed by atoms with Gasteiger partial charge in [0.2, 0.25) is 5.91 Å². The monoisotopic (exact) mass is 268 g/mol. The zero-order valence-electron chi connectivity index (χ0n) is 9.96. The smallest absolute Gasteiger partial charge is 0.261 e. The maximum atomic E-state index is 11.7. The van der Waals surface area contributed by atoms with E-state index in [9.17, 15) is 13.6 Å². The first-order chi connectivity index (χ1) is 7.75. The van der Waals surface area contributed by atoms with Crippen LogP contribution in [0.1, 0.15) is 20.3 Å². The molecule has 0 aliphatic rings. The summed E-state index contributed by atoms with van der Waals surface area (Å²) in [7, 11) is 0. The third-order valence-corrected chi connectivity index (χ3v) is 2.66. The highest BCUT2D eigenvalue weighted by atomic mass is 32.1. The maximum absolute atomic E-state index is 11.7. The van der Waals surface area contributed by atoms with Crippen LogP contribution in [-0.4, -0.2) is 37.1 Å². The molecular formula is C10H18F2N2O2S. The van der Waals surface area contributed by atoms with E-state index in [1.54, 1.807) is 0 Å². The largest absolute Gasteiger partial charge is 0.393 e. The molecule has 4 nitrogen and oxygen atoms in total. The average Bonchev–Trinajstić information content (AvgIpc) is 2.21. The summed E-state index contributed by atoms with van der Waals surface area (Å²) in [5.74, 6) is -0.274. The fraction of sp³-hybridized carbons (Fsp3) is 0.800. The minimum absolute atomic E-state index is 0.0241. The lowest BCUT2D eigenvalue weighted by Gasteiger charge is -2.23. The van der Waals surface area contributed by atoms with Gasteiger partial charge < -0.3 is 15.8 Å². The van der Waals surface area contributed by atoms with Crippen LogP contribution in [0.2, 0.25) is 0 Å². The van der Waals surface area contributed by atoms with Crippen molar-refractivity contribution in [3.8, 4) is 0 Å². The Balaban J connectivity index is 3.70. The van der Waals surface area contributed by atoms with Crippen LogP contribution in [0, 0.1) is 5.41 Å². The topological polar surface area (TPSA) is 64.3 Å². The highest BCUT2D eigenvalue weighted by Crippen LogP contribution is 2.13. The Morgan fingerprint density at radius 1 is 1.53 bits per heavy atom. The lowest BCUT2D eigenvalue weighted by Crippen LogP contribution is -2.41. The van der Waals surface area contributed by atoms with Gasteiger partial charge in [0.1, 0.15) is 6.61 Å². The second kappa shape index (κ2) is 7.50. The van der Waals surface area contributed by atoms with E-state index in [2.05, 4.69) is 10.1 Å². The normalized spacial score (nSPS) is 11.6. The number of thiocarbonyl (C=S) groups is 1. The Kier molecular flexibility index (Phi) is 7.13. The fourth-order valence-corrected chi connectivity index (χ4v) is 0.905. The fourth-order valence-electron chi connectivity index (χ4n) is 0.832. The van der Waals surface area contributed by atoms with Gasteiger partial charge in [-0.05, 0) is 0 Å². The molecule has 0 aliphatic carbocycles. The van der Waals surface area contributed by atoms with Crippen LogP contribution in [0.4, 0.5) is 8.78 Å². The van der Waals surface area contributed by atoms with Gasteiger partial charge in [-0.25, -0.2) is 8.78 Å². The standard InChI is InChI=1S/C10H18F2N2O2S/c1-10(2,9(13)17)6-14-8(15)3-4-16-5-7(11)12/h7H,3-6H2,1-2H3,(H2,13,17)(H,14,15). The van der Waals surface area contributed by atoms with Crippen LogP contribution in [-0.2, 0) is 9.53 Å². The summed E-state index contributed by atoms with van der Waals surface area (Å²) in [4.78, 5) is 11.6. The first-order valence-corrected chi connectivity index (χ1v) is 5.59. The lowest BCUT2D eigenvalue weighted by molar-refractivity contribution is -0.122. The summed E-state index contributed by atoms with van der Waals surface area (Å²) >= 11 is 4.84. The average molecular weight is 268 g/mol. The van der Waals surface area contributed by atoms with Gasteiger partial charge >= 0.3 is 0 Å². The zero-order valence-corrected chi connectivity index (χ0v) is 10.8. The predicted molar refractivity (Wildman–Crippen MR) is 65.0 cm³/mol. The van der Waals surface area contributed by atoms with Crippen molar-refractivity contribution in [2.24, 2.45) is 11.1 Å². The quantitative estimate of drug-likeness (QED) is 0.511. The van der Waals surface area contributed by atoms with Gasteiger partial charge in [0, 0.05) is 18.4 Å². The molecule has 0 aliphatic heterocycles. The van der Waals surface area contributed by atoms with Gasteiger partial charge in [0.05, 0.1) is 11.6 Å². The summed E-state index contributed by atoms with van der Waals surface area (Å²) in [6, 6.07) is 0. The molecule has 0 radical (unpaired) electrons. The number of carbonyl (C=O) groups is 1. The van der Waals surface area contributed by atoms with Crippen molar-refractivity contribution in [3.05, 3.63) is 0 Å². The number of hydrogen-bond donors (Lipinski definition) is 2. The number of nitrogens with two attached hydrogens (primary N) is 1. The van der Waals surface area contributed by atoms with E-state index >= 15 is 0 Å². The molecule has 0 aromatic carbocycles. The van der Waals surface area contributed by atoms with Gasteiger partial charge in [-0.15, -0.1) is 0 Å². The van der Waals surface area contributed by atoms with Crippen molar-refractivity contribution >= 4 is 23.1 Å². The Morgan fingerprint density at radius 3 is 2.59 bits per heavy atom. The van der Waals surface area contributed by atoms with E-state index in [4.69, 9.17) is 18.0 Å². The summed E-state index contributed by atoms with van der Waals surface area (Å²) in [5.41, 5.74) is 5.02. The first kappa shape index (κ1) is 16.2. The number of nitrogens with one attached hydrogen (secondary N) is 1. The molecule has 0 unspecified atom stereocenters. The molecule has 100 valence electrons. The van der Waals surface area contributed by atoms with Crippen molar-refractivity contribution < 1.29 is 18.3 Å². The summed E-state index contributed by atoms with van der Waals surface area (Å²) in [6.45, 7) is 3.26. The molecule has 17 heavy (non-hydrogen) atoms. The Morgan fingerprint density at radius 2 is 2.12 bits per heavy atom. The summed E-state index contributed by atoms with van der Waals surface area (Å²) < 4.78 is 28.0. The van der Waals surface area contributed by atoms with Gasteiger partial charge in [-0.1, -0.05) is 26.1 Å². The van der Waals surface area contributed by atoms with Crippen molar-refractivity contribution in [2.45, 2.75) is 26.7 Å². The Labute approximate surface area is 105 Å². The Hall–Kier alpha value is -0.820. The molecule has 0 fully saturated rings. The van der Waals surface area contributed by atoms with E-state index in [-0.39, 0.29) is 18.9 Å². The number of alkyl halides is 2. The van der Waals surface area contributed by atoms with Crippen LogP contribution >= 0.6 is 12.2 Å². The molecule has 0 spiro atoms. The van der Waals surface area contributed by atoms with Gasteiger partial charge in [-0.3, -0.25) is 4.79 Å². The number of rotatable bonds is 8. The molecule has 0 aromatic rings. The number of amides is 1. The van der Waals surface area contributed by atoms with Crippen molar-refractivity contribution in [1.82, 2.24) is 5.32 Å². The Bertz CT molecular complexity index is 273. The zero-order chi connectivity index (χ0) is 13.5. The molecule has 1 amide bonds. The SMILES string of the molecule is CC(C)(CNC(=O)CCOCC(F)F)C(N)=S. The summed E-state index contributed by atoms with van der Waals surface area (Å²) in [6.07, 6.45) is -2.47. The van der Waals surface area contributed by atoms with Crippen LogP contribution in [0.25, 0.3) is 0 Å². The molecule has 0 rings (SSSR count). The van der Waals surface area contributed by atoms with Crippen LogP contribution in [0.5, 0.6) is 0 Å². The van der Waals surface area contributed by atoms with E-state index in [0.717, 1.165) is 0 Å². The second-order valence-electron chi connectivity index (χ2n) is 4.24. The van der Waals surface area contributed by atoms with E-state index in [1.165, 1.54) is 0 Å². The first-order valence-electron chi connectivity index (χ1n) is 5.18. The molecule has 0 saturated carbocycles. The third kappa shape index (κ3) is 7.98. The van der Waals surface area contributed by atoms with Crippen LogP contribution < -0.4 is 11.1 Å². The van der Waals surface area contributed by atoms with Crippen LogP contribution in [0.3, 0.4) is 0 Å². The molecule has 7 heteroatoms. The maximum Gasteiger partial charge on any atom is 0.261 e. The van der Waals surface area contributed by atoms with Crippen molar-refractivity contribution in [3.63, 3.8) is 0 Å². The number of ether oxygens (including phenoxy) is 1. The van der Waals surface area contributed by atoms with E-state index in [0.29, 0.717) is 11.5 Å². The molecule has 3 N–H and O–H groups in total. The molecule has 0 heterocycles. The number of hydrogen-bond acceptors (Lipinski definition) is 3. The second-order valence-corrected chi connectivity index (χ2v) is 4.68. The van der Waals surface area contributed by atoms with E-state index < -0.39 is 18.4 Å². The number of carbonyl (C=O) groups excluding carboxylic acids is 1. The minimum atomic E-state index is -2.51. The third-order valence-electron chi connectivity index (χ3n) is 2.11.